The Morgan fingerprint density at radius 1 is 0.951 bits per heavy atom. The van der Waals surface area contributed by atoms with Crippen LogP contribution in [0, 0.1) is 0 Å². The first-order valence-electron chi connectivity index (χ1n) is 14.2. The van der Waals surface area contributed by atoms with Gasteiger partial charge in [0.25, 0.3) is 10.0 Å². The summed E-state index contributed by atoms with van der Waals surface area (Å²) in [5, 5.41) is 5.67. The Kier molecular flexibility index (Phi) is 9.17. The monoisotopic (exact) mass is 576 g/mol. The Bertz CT molecular complexity index is 1490. The summed E-state index contributed by atoms with van der Waals surface area (Å²) in [6, 6.07) is 13.3. The number of hydrogen-bond donors (Lipinski definition) is 2. The molecule has 4 rings (SSSR count). The van der Waals surface area contributed by atoms with E-state index in [9.17, 15) is 18.0 Å². The van der Waals surface area contributed by atoms with Crippen LogP contribution >= 0.6 is 0 Å². The van der Waals surface area contributed by atoms with E-state index < -0.39 is 27.9 Å². The van der Waals surface area contributed by atoms with Gasteiger partial charge in [0, 0.05) is 18.9 Å². The molecule has 0 aliphatic carbocycles. The Morgan fingerprint density at radius 3 is 2.15 bits per heavy atom. The van der Waals surface area contributed by atoms with E-state index in [1.807, 2.05) is 52.0 Å². The zero-order valence-corrected chi connectivity index (χ0v) is 25.5. The molecule has 0 fully saturated rings. The van der Waals surface area contributed by atoms with Gasteiger partial charge in [-0.2, -0.15) is 0 Å². The van der Waals surface area contributed by atoms with E-state index in [0.717, 1.165) is 11.1 Å². The molecule has 218 valence electrons. The lowest BCUT2D eigenvalue weighted by Crippen LogP contribution is -2.53. The normalized spacial score (nSPS) is 15.3. The lowest BCUT2D eigenvalue weighted by Gasteiger charge is -2.38. The smallest absolute Gasteiger partial charge is 0.265 e. The number of benzene rings is 2. The van der Waals surface area contributed by atoms with Gasteiger partial charge in [0.05, 0.1) is 22.7 Å². The maximum atomic E-state index is 14.8. The highest BCUT2D eigenvalue weighted by Crippen LogP contribution is 2.42. The molecule has 0 bridgehead atoms. The van der Waals surface area contributed by atoms with Gasteiger partial charge in [0.1, 0.15) is 6.04 Å². The number of pyridine rings is 1. The van der Waals surface area contributed by atoms with Crippen molar-refractivity contribution in [3.8, 4) is 0 Å². The van der Waals surface area contributed by atoms with Crippen LogP contribution in [0.4, 0.5) is 11.4 Å². The van der Waals surface area contributed by atoms with E-state index in [0.29, 0.717) is 35.5 Å². The van der Waals surface area contributed by atoms with Gasteiger partial charge in [-0.25, -0.2) is 8.42 Å². The lowest BCUT2D eigenvalue weighted by molar-refractivity contribution is -0.125. The van der Waals surface area contributed by atoms with Gasteiger partial charge < -0.3 is 10.6 Å². The van der Waals surface area contributed by atoms with Crippen LogP contribution in [0.3, 0.4) is 0 Å². The molecule has 1 aliphatic heterocycles. The van der Waals surface area contributed by atoms with Gasteiger partial charge in [-0.3, -0.25) is 18.9 Å². The molecule has 2 aromatic carbocycles. The second-order valence-electron chi connectivity index (χ2n) is 11.5. The fourth-order valence-corrected chi connectivity index (χ4v) is 7.47. The maximum absolute atomic E-state index is 14.8. The van der Waals surface area contributed by atoms with Crippen molar-refractivity contribution in [3.63, 3.8) is 0 Å². The lowest BCUT2D eigenvalue weighted by atomic mass is 9.89. The van der Waals surface area contributed by atoms with Crippen molar-refractivity contribution in [1.82, 2.24) is 10.3 Å². The number of nitrogens with zero attached hydrogens (tertiary/aromatic N) is 2. The quantitative estimate of drug-likeness (QED) is 0.321. The molecule has 0 radical (unpaired) electrons. The van der Waals surface area contributed by atoms with Crippen LogP contribution in [0.15, 0.2) is 65.8 Å². The van der Waals surface area contributed by atoms with E-state index in [-0.39, 0.29) is 29.1 Å². The standard InChI is InChI=1S/C32H40N4O4S/c1-20(2)24-17-25(21(3)4)31(26(18-24)22(5)6)41(39,40)36-28-10-8-7-9-27(28)35-32(38)29(36)19-30(37)34-16-13-23-11-14-33-15-12-23/h7-12,14-15,17-18,20-22,29H,13,16,19H2,1-6H3,(H,34,37)(H,35,38). The zero-order valence-electron chi connectivity index (χ0n) is 24.6. The van der Waals surface area contributed by atoms with E-state index in [2.05, 4.69) is 29.5 Å². The number of nitrogens with one attached hydrogen (secondary N) is 2. The van der Waals surface area contributed by atoms with E-state index >= 15 is 0 Å². The molecule has 9 heteroatoms. The van der Waals surface area contributed by atoms with Crippen LogP contribution in [0.5, 0.6) is 0 Å². The summed E-state index contributed by atoms with van der Waals surface area (Å²) in [5.41, 5.74) is 4.25. The first-order chi connectivity index (χ1) is 19.4. The number of sulfonamides is 1. The molecular formula is C32H40N4O4S. The summed E-state index contributed by atoms with van der Waals surface area (Å²) >= 11 is 0. The summed E-state index contributed by atoms with van der Waals surface area (Å²) in [5.74, 6) is -0.888. The highest BCUT2D eigenvalue weighted by atomic mass is 32.2. The molecule has 1 aromatic heterocycles. The van der Waals surface area contributed by atoms with Crippen molar-refractivity contribution < 1.29 is 18.0 Å². The maximum Gasteiger partial charge on any atom is 0.265 e. The highest BCUT2D eigenvalue weighted by molar-refractivity contribution is 7.93. The Labute approximate surface area is 243 Å². The van der Waals surface area contributed by atoms with Crippen LogP contribution in [-0.2, 0) is 26.0 Å². The zero-order chi connectivity index (χ0) is 29.9. The number of anilines is 2. The predicted molar refractivity (Wildman–Crippen MR) is 163 cm³/mol. The second kappa shape index (κ2) is 12.4. The third kappa shape index (κ3) is 6.45. The van der Waals surface area contributed by atoms with Gasteiger partial charge in [0.15, 0.2) is 0 Å². The fraction of sp³-hybridized carbons (Fsp3) is 0.406. The van der Waals surface area contributed by atoms with Crippen LogP contribution in [-0.4, -0.2) is 37.8 Å². The van der Waals surface area contributed by atoms with E-state index in [1.54, 1.807) is 36.7 Å². The first kappa shape index (κ1) is 30.2. The number of rotatable bonds is 10. The molecule has 0 saturated heterocycles. The third-order valence-electron chi connectivity index (χ3n) is 7.45. The van der Waals surface area contributed by atoms with E-state index in [1.165, 1.54) is 4.31 Å². The molecule has 1 aliphatic rings. The van der Waals surface area contributed by atoms with Crippen LogP contribution < -0.4 is 14.9 Å². The Hall–Kier alpha value is -3.72. The summed E-state index contributed by atoms with van der Waals surface area (Å²) in [4.78, 5) is 30.8. The van der Waals surface area contributed by atoms with Crippen molar-refractivity contribution in [1.29, 1.82) is 0 Å². The van der Waals surface area contributed by atoms with Crippen molar-refractivity contribution in [2.45, 2.75) is 83.1 Å². The number of carbonyl (C=O) groups is 2. The Balaban J connectivity index is 1.78. The summed E-state index contributed by atoms with van der Waals surface area (Å²) < 4.78 is 30.8. The largest absolute Gasteiger partial charge is 0.356 e. The minimum absolute atomic E-state index is 0.0835. The number of carbonyl (C=O) groups excluding carboxylic acids is 2. The van der Waals surface area contributed by atoms with Gasteiger partial charge in [-0.15, -0.1) is 0 Å². The highest BCUT2D eigenvalue weighted by Gasteiger charge is 2.44. The SMILES string of the molecule is CC(C)c1cc(C(C)C)c(S(=O)(=O)N2c3ccccc3NC(=O)C2CC(=O)NCCc2ccncc2)c(C(C)C)c1. The molecular weight excluding hydrogens is 536 g/mol. The van der Waals surface area contributed by atoms with Crippen molar-refractivity contribution in [3.05, 3.63) is 83.2 Å². The van der Waals surface area contributed by atoms with E-state index in [4.69, 9.17) is 0 Å². The molecule has 1 unspecified atom stereocenters. The molecule has 0 spiro atoms. The fourth-order valence-electron chi connectivity index (χ4n) is 5.16. The van der Waals surface area contributed by atoms with Gasteiger partial charge >= 0.3 is 0 Å². The molecule has 3 aromatic rings. The molecule has 0 saturated carbocycles. The molecule has 41 heavy (non-hydrogen) atoms. The summed E-state index contributed by atoms with van der Waals surface area (Å²) in [6.45, 7) is 12.4. The third-order valence-corrected chi connectivity index (χ3v) is 9.40. The molecule has 2 amide bonds. The van der Waals surface area contributed by atoms with Crippen LogP contribution in [0.1, 0.15) is 88.0 Å². The second-order valence-corrected chi connectivity index (χ2v) is 13.2. The molecule has 2 N–H and O–H groups in total. The summed E-state index contributed by atoms with van der Waals surface area (Å²) in [7, 11) is -4.27. The molecule has 1 atom stereocenters. The average Bonchev–Trinajstić information content (AvgIpc) is 2.93. The number of fused-ring (bicyclic) bond motifs is 1. The topological polar surface area (TPSA) is 108 Å². The van der Waals surface area contributed by atoms with Crippen molar-refractivity contribution >= 4 is 33.2 Å². The van der Waals surface area contributed by atoms with Crippen molar-refractivity contribution in [2.75, 3.05) is 16.2 Å². The number of hydrogen-bond acceptors (Lipinski definition) is 5. The molecule has 8 nitrogen and oxygen atoms in total. The summed E-state index contributed by atoms with van der Waals surface area (Å²) in [6.07, 6.45) is 3.66. The predicted octanol–water partition coefficient (Wildman–Crippen LogP) is 5.72. The Morgan fingerprint density at radius 2 is 1.56 bits per heavy atom. The van der Waals surface area contributed by atoms with Crippen molar-refractivity contribution in [2.24, 2.45) is 0 Å². The minimum Gasteiger partial charge on any atom is -0.356 e. The van der Waals surface area contributed by atoms with Gasteiger partial charge in [-0.1, -0.05) is 65.8 Å². The molecule has 2 heterocycles. The average molecular weight is 577 g/mol. The number of amides is 2. The van der Waals surface area contributed by atoms with Gasteiger partial charge in [0.2, 0.25) is 11.8 Å². The first-order valence-corrected chi connectivity index (χ1v) is 15.6. The number of para-hydroxylation sites is 2. The van der Waals surface area contributed by atoms with Crippen LogP contribution in [0.25, 0.3) is 0 Å². The minimum atomic E-state index is -4.27. The van der Waals surface area contributed by atoms with Gasteiger partial charge in [-0.05, 0) is 70.7 Å². The number of aromatic nitrogens is 1. The van der Waals surface area contributed by atoms with Crippen LogP contribution in [0.2, 0.25) is 0 Å².